The predicted molar refractivity (Wildman–Crippen MR) is 157 cm³/mol. The number of hydrogen-bond acceptors (Lipinski definition) is 6. The molecule has 0 fully saturated rings. The van der Waals surface area contributed by atoms with Gasteiger partial charge in [-0.15, -0.1) is 0 Å². The van der Waals surface area contributed by atoms with Gasteiger partial charge in [0.25, 0.3) is 5.91 Å². The number of aromatic nitrogens is 1. The Morgan fingerprint density at radius 2 is 1.59 bits per heavy atom. The van der Waals surface area contributed by atoms with Gasteiger partial charge in [0.1, 0.15) is 18.4 Å². The predicted octanol–water partition coefficient (Wildman–Crippen LogP) is 5.35. The highest BCUT2D eigenvalue weighted by molar-refractivity contribution is 6.12. The summed E-state index contributed by atoms with van der Waals surface area (Å²) in [5, 5.41) is 13.0. The summed E-state index contributed by atoms with van der Waals surface area (Å²) in [6, 6.07) is 25.6. The van der Waals surface area contributed by atoms with E-state index < -0.39 is 12.0 Å². The Bertz CT molecular complexity index is 1440. The van der Waals surface area contributed by atoms with Crippen molar-refractivity contribution < 1.29 is 24.2 Å². The van der Waals surface area contributed by atoms with Crippen LogP contribution in [0.3, 0.4) is 0 Å². The monoisotopic (exact) mass is 551 g/mol. The van der Waals surface area contributed by atoms with Crippen LogP contribution in [-0.2, 0) is 11.2 Å². The van der Waals surface area contributed by atoms with Gasteiger partial charge in [0.2, 0.25) is 0 Å². The molecule has 0 aliphatic carbocycles. The number of hydrogen-bond donors (Lipinski definition) is 2. The van der Waals surface area contributed by atoms with Crippen LogP contribution in [-0.4, -0.2) is 58.4 Å². The molecule has 0 saturated carbocycles. The quantitative estimate of drug-likeness (QED) is 0.203. The number of rotatable bonds is 14. The maximum absolute atomic E-state index is 13.1. The summed E-state index contributed by atoms with van der Waals surface area (Å²) in [7, 11) is 0. The van der Waals surface area contributed by atoms with Crippen molar-refractivity contribution in [2.24, 2.45) is 0 Å². The third-order valence-electron chi connectivity index (χ3n) is 6.52. The molecule has 210 valence electrons. The first-order chi connectivity index (χ1) is 20.0. The van der Waals surface area contributed by atoms with Crippen LogP contribution in [0.1, 0.15) is 45.2 Å². The number of aliphatic carboxylic acids is 1. The average Bonchev–Trinajstić information content (AvgIpc) is 3.01. The number of ketones is 1. The number of carboxylic acids is 1. The standard InChI is InChI=1S/C33H33N3O5/c1-2-19-36(32(38)26-11-8-18-34-23-26)20-21-41-27-16-14-24(15-17-27)22-30(33(39)40)35-29-13-7-6-12-28(29)31(37)25-9-4-3-5-10-25/h3-18,23,30,35H,2,19-22H2,1H3,(H,39,40). The van der Waals surface area contributed by atoms with E-state index in [0.717, 1.165) is 12.0 Å². The molecule has 0 bridgehead atoms. The van der Waals surface area contributed by atoms with Gasteiger partial charge >= 0.3 is 5.97 Å². The van der Waals surface area contributed by atoms with E-state index in [1.165, 1.54) is 0 Å². The number of carboxylic acid groups (broad SMARTS) is 1. The zero-order valence-corrected chi connectivity index (χ0v) is 22.9. The maximum Gasteiger partial charge on any atom is 0.326 e. The summed E-state index contributed by atoms with van der Waals surface area (Å²) < 4.78 is 5.88. The minimum Gasteiger partial charge on any atom is -0.492 e. The van der Waals surface area contributed by atoms with E-state index in [0.29, 0.717) is 47.8 Å². The van der Waals surface area contributed by atoms with Crippen LogP contribution >= 0.6 is 0 Å². The Morgan fingerprint density at radius 3 is 2.27 bits per heavy atom. The summed E-state index contributed by atoms with van der Waals surface area (Å²) in [6.45, 7) is 3.37. The number of nitrogens with one attached hydrogen (secondary N) is 1. The zero-order valence-electron chi connectivity index (χ0n) is 22.9. The number of anilines is 1. The number of carbonyl (C=O) groups is 3. The van der Waals surface area contributed by atoms with E-state index in [-0.39, 0.29) is 18.1 Å². The van der Waals surface area contributed by atoms with E-state index in [2.05, 4.69) is 10.3 Å². The molecule has 3 aromatic carbocycles. The maximum atomic E-state index is 13.1. The van der Waals surface area contributed by atoms with E-state index in [1.54, 1.807) is 90.1 Å². The lowest BCUT2D eigenvalue weighted by molar-refractivity contribution is -0.137. The van der Waals surface area contributed by atoms with Gasteiger partial charge in [-0.05, 0) is 48.4 Å². The SMILES string of the molecule is CCCN(CCOc1ccc(CC(Nc2ccccc2C(=O)c2ccccc2)C(=O)O)cc1)C(=O)c1cccnc1. The molecular formula is C33H33N3O5. The van der Waals surface area contributed by atoms with Gasteiger partial charge in [-0.3, -0.25) is 14.6 Å². The van der Waals surface area contributed by atoms with E-state index in [1.807, 2.05) is 25.1 Å². The smallest absolute Gasteiger partial charge is 0.326 e. The van der Waals surface area contributed by atoms with Crippen LogP contribution in [0.2, 0.25) is 0 Å². The van der Waals surface area contributed by atoms with Crippen molar-refractivity contribution in [2.75, 3.05) is 25.0 Å². The van der Waals surface area contributed by atoms with E-state index in [4.69, 9.17) is 4.74 Å². The first kappa shape index (κ1) is 29.0. The number of pyridine rings is 1. The summed E-state index contributed by atoms with van der Waals surface area (Å²) in [6.07, 6.45) is 4.22. The molecule has 0 saturated heterocycles. The Morgan fingerprint density at radius 1 is 0.878 bits per heavy atom. The summed E-state index contributed by atoms with van der Waals surface area (Å²) in [5.41, 5.74) is 2.74. The fourth-order valence-corrected chi connectivity index (χ4v) is 4.43. The molecule has 0 aliphatic heterocycles. The first-order valence-electron chi connectivity index (χ1n) is 13.6. The highest BCUT2D eigenvalue weighted by Gasteiger charge is 2.21. The fraction of sp³-hybridized carbons (Fsp3) is 0.212. The number of benzene rings is 3. The van der Waals surface area contributed by atoms with Crippen molar-refractivity contribution in [1.82, 2.24) is 9.88 Å². The van der Waals surface area contributed by atoms with Gasteiger partial charge in [0.15, 0.2) is 5.78 Å². The van der Waals surface area contributed by atoms with Crippen LogP contribution in [0.25, 0.3) is 0 Å². The van der Waals surface area contributed by atoms with Gasteiger partial charge in [-0.1, -0.05) is 61.5 Å². The Labute approximate surface area is 239 Å². The normalized spacial score (nSPS) is 11.3. The number of carbonyl (C=O) groups excluding carboxylic acids is 2. The van der Waals surface area contributed by atoms with Crippen LogP contribution in [0.4, 0.5) is 5.69 Å². The number of para-hydroxylation sites is 1. The van der Waals surface area contributed by atoms with Gasteiger partial charge < -0.3 is 20.1 Å². The molecule has 0 aliphatic rings. The van der Waals surface area contributed by atoms with Gasteiger partial charge in [-0.25, -0.2) is 4.79 Å². The fourth-order valence-electron chi connectivity index (χ4n) is 4.43. The summed E-state index contributed by atoms with van der Waals surface area (Å²) >= 11 is 0. The lowest BCUT2D eigenvalue weighted by atomic mass is 10.00. The van der Waals surface area contributed by atoms with Gasteiger partial charge in [0.05, 0.1) is 12.1 Å². The molecule has 0 radical (unpaired) electrons. The van der Waals surface area contributed by atoms with Gasteiger partial charge in [-0.2, -0.15) is 0 Å². The van der Waals surface area contributed by atoms with Crippen LogP contribution in [0.15, 0.2) is 103 Å². The molecule has 1 aromatic heterocycles. The average molecular weight is 552 g/mol. The van der Waals surface area contributed by atoms with E-state index in [9.17, 15) is 19.5 Å². The minimum absolute atomic E-state index is 0.0850. The van der Waals surface area contributed by atoms with Crippen molar-refractivity contribution in [1.29, 1.82) is 0 Å². The third-order valence-corrected chi connectivity index (χ3v) is 6.52. The Hall–Kier alpha value is -4.98. The minimum atomic E-state index is -1.03. The third kappa shape index (κ3) is 8.02. The van der Waals surface area contributed by atoms with Crippen molar-refractivity contribution in [3.05, 3.63) is 126 Å². The molecule has 1 unspecified atom stereocenters. The number of ether oxygens (including phenoxy) is 1. The molecule has 4 rings (SSSR count). The molecule has 0 spiro atoms. The highest BCUT2D eigenvalue weighted by Crippen LogP contribution is 2.22. The molecule has 1 atom stereocenters. The van der Waals surface area contributed by atoms with Gasteiger partial charge in [0, 0.05) is 42.2 Å². The van der Waals surface area contributed by atoms with Crippen molar-refractivity contribution in [3.63, 3.8) is 0 Å². The van der Waals surface area contributed by atoms with Crippen LogP contribution in [0, 0.1) is 0 Å². The number of nitrogens with zero attached hydrogens (tertiary/aromatic N) is 2. The highest BCUT2D eigenvalue weighted by atomic mass is 16.5. The van der Waals surface area contributed by atoms with E-state index >= 15 is 0 Å². The lowest BCUT2D eigenvalue weighted by Crippen LogP contribution is -2.35. The molecule has 4 aromatic rings. The first-order valence-corrected chi connectivity index (χ1v) is 13.6. The summed E-state index contributed by atoms with van der Waals surface area (Å²) in [5.74, 6) is -0.670. The van der Waals surface area contributed by atoms with Crippen molar-refractivity contribution in [3.8, 4) is 5.75 Å². The Kier molecular flexibility index (Phi) is 10.2. The van der Waals surface area contributed by atoms with Crippen molar-refractivity contribution >= 4 is 23.3 Å². The van der Waals surface area contributed by atoms with Crippen molar-refractivity contribution in [2.45, 2.75) is 25.8 Å². The zero-order chi connectivity index (χ0) is 29.0. The molecule has 1 amide bonds. The summed E-state index contributed by atoms with van der Waals surface area (Å²) in [4.78, 5) is 43.8. The van der Waals surface area contributed by atoms with Crippen LogP contribution < -0.4 is 10.1 Å². The molecule has 8 heteroatoms. The molecule has 8 nitrogen and oxygen atoms in total. The number of amides is 1. The topological polar surface area (TPSA) is 109 Å². The largest absolute Gasteiger partial charge is 0.492 e. The molecule has 2 N–H and O–H groups in total. The second kappa shape index (κ2) is 14.4. The molecular weight excluding hydrogens is 518 g/mol. The Balaban J connectivity index is 1.36. The van der Waals surface area contributed by atoms with Crippen LogP contribution in [0.5, 0.6) is 5.75 Å². The lowest BCUT2D eigenvalue weighted by Gasteiger charge is -2.22. The second-order valence-corrected chi connectivity index (χ2v) is 9.51. The molecule has 1 heterocycles. The second-order valence-electron chi connectivity index (χ2n) is 9.51. The molecule has 41 heavy (non-hydrogen) atoms.